The Balaban J connectivity index is 1.58. The Bertz CT molecular complexity index is 1330. The van der Waals surface area contributed by atoms with Crippen LogP contribution in [0.25, 0.3) is 0 Å². The van der Waals surface area contributed by atoms with Gasteiger partial charge in [0.05, 0.1) is 37.1 Å². The summed E-state index contributed by atoms with van der Waals surface area (Å²) >= 11 is 6.05. The molecule has 2 aromatic carbocycles. The fourth-order valence-corrected chi connectivity index (χ4v) is 7.28. The first-order chi connectivity index (χ1) is 17.4. The summed E-state index contributed by atoms with van der Waals surface area (Å²) in [5.41, 5.74) is 0.168. The molecule has 204 valence electrons. The van der Waals surface area contributed by atoms with Gasteiger partial charge in [-0.2, -0.15) is 8.42 Å². The van der Waals surface area contributed by atoms with E-state index in [0.29, 0.717) is 17.9 Å². The van der Waals surface area contributed by atoms with Gasteiger partial charge in [0.15, 0.2) is 21.4 Å². The largest absolute Gasteiger partial charge is 0.490 e. The summed E-state index contributed by atoms with van der Waals surface area (Å²) < 4.78 is 93.8. The van der Waals surface area contributed by atoms with Gasteiger partial charge in [-0.3, -0.25) is 4.18 Å². The molecule has 0 radical (unpaired) electrons. The fourth-order valence-electron chi connectivity index (χ4n) is 5.38. The average Bonchev–Trinajstić information content (AvgIpc) is 2.83. The smallest absolute Gasteiger partial charge is 0.264 e. The van der Waals surface area contributed by atoms with E-state index in [1.807, 2.05) is 12.1 Å². The molecule has 1 fully saturated rings. The van der Waals surface area contributed by atoms with Crippen LogP contribution in [0.3, 0.4) is 0 Å². The van der Waals surface area contributed by atoms with Gasteiger partial charge in [-0.05, 0) is 55.5 Å². The van der Waals surface area contributed by atoms with Crippen molar-refractivity contribution in [2.75, 3.05) is 37.6 Å². The van der Waals surface area contributed by atoms with Crippen molar-refractivity contribution >= 4 is 31.6 Å². The zero-order valence-electron chi connectivity index (χ0n) is 20.3. The molecule has 3 atom stereocenters. The van der Waals surface area contributed by atoms with Crippen LogP contribution in [0.1, 0.15) is 30.4 Å². The lowest BCUT2D eigenvalue weighted by Crippen LogP contribution is -2.55. The minimum atomic E-state index is -3.64. The van der Waals surface area contributed by atoms with Crippen molar-refractivity contribution in [3.8, 4) is 5.75 Å². The minimum absolute atomic E-state index is 0.0336. The number of hydrogen-bond acceptors (Lipinski definition) is 7. The van der Waals surface area contributed by atoms with E-state index in [2.05, 4.69) is 4.18 Å². The van der Waals surface area contributed by atoms with E-state index in [1.54, 1.807) is 12.1 Å². The normalized spacial score (nSPS) is 23.7. The molecule has 2 heterocycles. The number of ether oxygens (including phenoxy) is 2. The van der Waals surface area contributed by atoms with Crippen molar-refractivity contribution in [1.29, 1.82) is 0 Å². The summed E-state index contributed by atoms with van der Waals surface area (Å²) in [6.45, 7) is 0.0700. The molecule has 0 saturated carbocycles. The molecule has 0 aliphatic carbocycles. The minimum Gasteiger partial charge on any atom is -0.490 e. The Morgan fingerprint density at radius 1 is 1.05 bits per heavy atom. The summed E-state index contributed by atoms with van der Waals surface area (Å²) in [5, 5.41) is 0.555. The maximum atomic E-state index is 15.3. The predicted molar refractivity (Wildman–Crippen MR) is 135 cm³/mol. The Labute approximate surface area is 221 Å². The van der Waals surface area contributed by atoms with Crippen molar-refractivity contribution in [1.82, 2.24) is 0 Å². The van der Waals surface area contributed by atoms with Gasteiger partial charge in [0.25, 0.3) is 10.1 Å². The first-order valence-electron chi connectivity index (χ1n) is 11.9. The molecule has 2 aromatic rings. The maximum Gasteiger partial charge on any atom is 0.264 e. The molecule has 37 heavy (non-hydrogen) atoms. The third kappa shape index (κ3) is 6.62. The molecule has 2 aliphatic heterocycles. The van der Waals surface area contributed by atoms with Gasteiger partial charge in [0.2, 0.25) is 0 Å². The highest BCUT2D eigenvalue weighted by atomic mass is 35.5. The van der Waals surface area contributed by atoms with Crippen LogP contribution >= 0.6 is 11.6 Å². The molecular formula is C25H29ClF2O7S2. The zero-order valence-corrected chi connectivity index (χ0v) is 22.7. The van der Waals surface area contributed by atoms with Crippen molar-refractivity contribution in [3.05, 3.63) is 64.2 Å². The molecule has 4 rings (SSSR count). The predicted octanol–water partition coefficient (Wildman–Crippen LogP) is 4.07. The van der Waals surface area contributed by atoms with E-state index in [4.69, 9.17) is 21.1 Å². The van der Waals surface area contributed by atoms with Crippen LogP contribution in [0, 0.1) is 17.6 Å². The second kappa shape index (κ2) is 11.1. The van der Waals surface area contributed by atoms with E-state index in [9.17, 15) is 21.2 Å². The van der Waals surface area contributed by atoms with Crippen molar-refractivity contribution < 1.29 is 39.3 Å². The summed E-state index contributed by atoms with van der Waals surface area (Å²) in [4.78, 5) is 0. The van der Waals surface area contributed by atoms with Crippen LogP contribution in [0.2, 0.25) is 5.02 Å². The van der Waals surface area contributed by atoms with Gasteiger partial charge in [-0.1, -0.05) is 23.7 Å². The Morgan fingerprint density at radius 2 is 1.76 bits per heavy atom. The molecule has 7 nitrogen and oxygen atoms in total. The van der Waals surface area contributed by atoms with E-state index in [0.717, 1.165) is 24.0 Å². The number of hydrogen-bond donors (Lipinski definition) is 0. The molecule has 1 saturated heterocycles. The molecule has 0 aromatic heterocycles. The molecule has 0 amide bonds. The molecule has 0 unspecified atom stereocenters. The second-order valence-corrected chi connectivity index (χ2v) is 14.0. The Hall–Kier alpha value is -1.79. The molecule has 2 aliphatic rings. The highest BCUT2D eigenvalue weighted by molar-refractivity contribution is 7.91. The molecular weight excluding hydrogens is 550 g/mol. The third-order valence-electron chi connectivity index (χ3n) is 7.05. The lowest BCUT2D eigenvalue weighted by molar-refractivity contribution is -0.0963. The number of halogens is 3. The average molecular weight is 579 g/mol. The van der Waals surface area contributed by atoms with Crippen molar-refractivity contribution in [2.45, 2.75) is 37.2 Å². The van der Waals surface area contributed by atoms with E-state index < -0.39 is 49.0 Å². The second-order valence-electron chi connectivity index (χ2n) is 9.59. The monoisotopic (exact) mass is 578 g/mol. The molecule has 12 heteroatoms. The van der Waals surface area contributed by atoms with E-state index in [1.165, 1.54) is 0 Å². The Kier molecular flexibility index (Phi) is 8.49. The van der Waals surface area contributed by atoms with Crippen LogP contribution in [-0.4, -0.2) is 60.5 Å². The maximum absolute atomic E-state index is 15.3. The summed E-state index contributed by atoms with van der Waals surface area (Å²) in [5.74, 6) is -2.20. The highest BCUT2D eigenvalue weighted by Crippen LogP contribution is 2.52. The first-order valence-corrected chi connectivity index (χ1v) is 15.9. The first kappa shape index (κ1) is 28.2. The van der Waals surface area contributed by atoms with Crippen molar-refractivity contribution in [3.63, 3.8) is 0 Å². The lowest BCUT2D eigenvalue weighted by atomic mass is 9.60. The van der Waals surface area contributed by atoms with Gasteiger partial charge in [-0.25, -0.2) is 17.2 Å². The van der Waals surface area contributed by atoms with Crippen LogP contribution < -0.4 is 4.74 Å². The van der Waals surface area contributed by atoms with Crippen LogP contribution in [0.15, 0.2) is 36.4 Å². The summed E-state index contributed by atoms with van der Waals surface area (Å²) in [6, 6.07) is 9.30. The van der Waals surface area contributed by atoms with Crippen molar-refractivity contribution in [2.24, 2.45) is 5.92 Å². The summed E-state index contributed by atoms with van der Waals surface area (Å²) in [7, 11) is -7.18. The summed E-state index contributed by atoms with van der Waals surface area (Å²) in [6.07, 6.45) is 1.28. The zero-order chi connectivity index (χ0) is 26.8. The van der Waals surface area contributed by atoms with Crippen LogP contribution in [0.5, 0.6) is 5.75 Å². The standard InChI is InChI=1S/C25H29ClF2O7S2/c1-36(29,30)35-11-2-13-37(31,32)14-9-22-19-16-34-24-21(28)8-7-20(27)23(24)25(19,10-12-33-22)15-17-3-5-18(26)6-4-17/h3-8,19,22H,2,9-16H2,1H3/t19-,22-,25-/m0/s1. The number of benzene rings is 2. The number of fused-ring (bicyclic) bond motifs is 3. The lowest BCUT2D eigenvalue weighted by Gasteiger charge is -2.51. The third-order valence-corrected chi connectivity index (χ3v) is 9.66. The fraction of sp³-hybridized carbons (Fsp3) is 0.520. The van der Waals surface area contributed by atoms with Crippen LogP contribution in [-0.2, 0) is 40.7 Å². The molecule has 0 N–H and O–H groups in total. The van der Waals surface area contributed by atoms with E-state index in [-0.39, 0.29) is 55.5 Å². The Morgan fingerprint density at radius 3 is 2.46 bits per heavy atom. The quantitative estimate of drug-likeness (QED) is 0.310. The number of sulfone groups is 1. The number of rotatable bonds is 10. The van der Waals surface area contributed by atoms with Gasteiger partial charge in [0, 0.05) is 28.5 Å². The van der Waals surface area contributed by atoms with Crippen LogP contribution in [0.4, 0.5) is 8.78 Å². The van der Waals surface area contributed by atoms with Gasteiger partial charge < -0.3 is 9.47 Å². The van der Waals surface area contributed by atoms with Gasteiger partial charge in [0.1, 0.15) is 5.82 Å². The molecule has 0 spiro atoms. The topological polar surface area (TPSA) is 96.0 Å². The highest BCUT2D eigenvalue weighted by Gasteiger charge is 2.53. The SMILES string of the molecule is CS(=O)(=O)OCCCS(=O)(=O)CC[C@@H]1OCC[C@@]2(Cc3ccc(Cl)cc3)c3c(F)ccc(F)c3OC[C@@H]12. The van der Waals surface area contributed by atoms with E-state index >= 15 is 4.39 Å². The van der Waals surface area contributed by atoms with Gasteiger partial charge in [-0.15, -0.1) is 0 Å². The van der Waals surface area contributed by atoms with Gasteiger partial charge >= 0.3 is 0 Å². The molecule has 0 bridgehead atoms.